The molecule has 1 aliphatic heterocycles. The fraction of sp³-hybridized carbons (Fsp3) is 0.267. The quantitative estimate of drug-likeness (QED) is 0.296. The van der Waals surface area contributed by atoms with E-state index in [4.69, 9.17) is 11.6 Å². The predicted molar refractivity (Wildman–Crippen MR) is 161 cm³/mol. The highest BCUT2D eigenvalue weighted by molar-refractivity contribution is 6.33. The molecular weight excluding hydrogens is 524 g/mol. The van der Waals surface area contributed by atoms with Crippen molar-refractivity contribution in [3.05, 3.63) is 93.6 Å². The van der Waals surface area contributed by atoms with E-state index in [0.717, 1.165) is 48.8 Å². The van der Waals surface area contributed by atoms with Crippen LogP contribution in [0.1, 0.15) is 24.4 Å². The lowest BCUT2D eigenvalue weighted by atomic mass is 10.1. The van der Waals surface area contributed by atoms with E-state index in [1.165, 1.54) is 5.69 Å². The summed E-state index contributed by atoms with van der Waals surface area (Å²) in [5.74, 6) is 0.359. The molecule has 1 fully saturated rings. The lowest BCUT2D eigenvalue weighted by molar-refractivity contribution is 0.313. The number of H-pyrrole nitrogens is 1. The van der Waals surface area contributed by atoms with Gasteiger partial charge in [-0.3, -0.25) is 14.5 Å². The van der Waals surface area contributed by atoms with Gasteiger partial charge in [-0.05, 0) is 63.4 Å². The van der Waals surface area contributed by atoms with Crippen molar-refractivity contribution in [2.24, 2.45) is 0 Å². The van der Waals surface area contributed by atoms with Crippen molar-refractivity contribution in [3.8, 4) is 11.3 Å². The van der Waals surface area contributed by atoms with Gasteiger partial charge in [-0.1, -0.05) is 29.8 Å². The molecule has 0 aliphatic carbocycles. The maximum Gasteiger partial charge on any atom is 0.278 e. The third-order valence-electron chi connectivity index (χ3n) is 7.47. The molecule has 204 valence electrons. The van der Waals surface area contributed by atoms with Crippen molar-refractivity contribution in [3.63, 3.8) is 0 Å². The van der Waals surface area contributed by atoms with E-state index in [0.29, 0.717) is 27.6 Å². The molecule has 0 radical (unpaired) electrons. The number of fused-ring (bicyclic) bond motifs is 1. The summed E-state index contributed by atoms with van der Waals surface area (Å²) in [4.78, 5) is 28.0. The van der Waals surface area contributed by atoms with Gasteiger partial charge in [0.1, 0.15) is 5.52 Å². The first-order chi connectivity index (χ1) is 19.4. The summed E-state index contributed by atoms with van der Waals surface area (Å²) >= 11 is 6.59. The summed E-state index contributed by atoms with van der Waals surface area (Å²) in [5, 5.41) is 11.9. The zero-order chi connectivity index (χ0) is 27.8. The third-order valence-corrected chi connectivity index (χ3v) is 7.80. The molecule has 0 bridgehead atoms. The van der Waals surface area contributed by atoms with Crippen molar-refractivity contribution in [2.75, 3.05) is 43.4 Å². The van der Waals surface area contributed by atoms with Crippen LogP contribution in [0.15, 0.2) is 71.7 Å². The Bertz CT molecular complexity index is 1720. The van der Waals surface area contributed by atoms with Gasteiger partial charge in [0.25, 0.3) is 5.56 Å². The number of piperazine rings is 1. The fourth-order valence-corrected chi connectivity index (χ4v) is 5.40. The molecule has 0 saturated carbocycles. The van der Waals surface area contributed by atoms with Crippen molar-refractivity contribution in [2.45, 2.75) is 19.9 Å². The average molecular weight is 555 g/mol. The van der Waals surface area contributed by atoms with Crippen molar-refractivity contribution in [1.82, 2.24) is 29.6 Å². The van der Waals surface area contributed by atoms with Gasteiger partial charge < -0.3 is 15.1 Å². The zero-order valence-electron chi connectivity index (χ0n) is 22.7. The Morgan fingerprint density at radius 3 is 2.48 bits per heavy atom. The van der Waals surface area contributed by atoms with E-state index in [-0.39, 0.29) is 11.6 Å². The van der Waals surface area contributed by atoms with Crippen LogP contribution in [0.2, 0.25) is 5.02 Å². The Morgan fingerprint density at radius 2 is 1.77 bits per heavy atom. The molecule has 5 aromatic rings. The van der Waals surface area contributed by atoms with Crippen molar-refractivity contribution >= 4 is 39.8 Å². The number of aromatic nitrogens is 5. The highest BCUT2D eigenvalue weighted by Gasteiger charge is 2.22. The summed E-state index contributed by atoms with van der Waals surface area (Å²) in [6.45, 7) is 8.01. The molecule has 1 aliphatic rings. The van der Waals surface area contributed by atoms with Gasteiger partial charge in [-0.15, -0.1) is 0 Å². The summed E-state index contributed by atoms with van der Waals surface area (Å²) in [6, 6.07) is 19.2. The summed E-state index contributed by atoms with van der Waals surface area (Å²) < 4.78 is 1.71. The number of hydrogen-bond donors (Lipinski definition) is 2. The Morgan fingerprint density at radius 1 is 1.02 bits per heavy atom. The van der Waals surface area contributed by atoms with E-state index < -0.39 is 0 Å². The number of nitrogens with one attached hydrogen (secondary N) is 2. The molecule has 1 atom stereocenters. The Labute approximate surface area is 237 Å². The lowest BCUT2D eigenvalue weighted by Gasteiger charge is -2.34. The lowest BCUT2D eigenvalue weighted by Crippen LogP contribution is -2.44. The van der Waals surface area contributed by atoms with Crippen LogP contribution in [-0.4, -0.2) is 62.9 Å². The molecule has 9 nitrogen and oxygen atoms in total. The van der Waals surface area contributed by atoms with E-state index in [1.54, 1.807) is 10.8 Å². The summed E-state index contributed by atoms with van der Waals surface area (Å²) in [5.41, 5.74) is 5.23. The molecule has 0 amide bonds. The number of anilines is 3. The predicted octanol–water partition coefficient (Wildman–Crippen LogP) is 5.25. The van der Waals surface area contributed by atoms with E-state index in [2.05, 4.69) is 54.5 Å². The van der Waals surface area contributed by atoms with Crippen LogP contribution >= 0.6 is 11.6 Å². The van der Waals surface area contributed by atoms with Crippen LogP contribution in [0.25, 0.3) is 22.2 Å². The standard InChI is InChI=1S/C30H31ClN8O/c1-19-16-26(36-35-19)20(2)39-27(24-6-4-5-7-25(24)31)17-21-18-32-30(34-28(21)29(39)40)33-22-8-10-23(11-9-22)38-14-12-37(3)13-15-38/h4-11,16-18,20H,12-15H2,1-3H3,(H,35,36)(H,32,33,34). The number of halogens is 1. The minimum absolute atomic E-state index is 0.239. The van der Waals surface area contributed by atoms with Crippen LogP contribution in [-0.2, 0) is 0 Å². The maximum atomic E-state index is 14.1. The van der Waals surface area contributed by atoms with Gasteiger partial charge in [0, 0.05) is 65.4 Å². The van der Waals surface area contributed by atoms with Crippen LogP contribution in [0.5, 0.6) is 0 Å². The second-order valence-corrected chi connectivity index (χ2v) is 10.7. The molecule has 10 heteroatoms. The van der Waals surface area contributed by atoms with Crippen LogP contribution < -0.4 is 15.8 Å². The second kappa shape index (κ2) is 10.7. The number of benzene rings is 2. The van der Waals surface area contributed by atoms with Gasteiger partial charge in [0.05, 0.1) is 17.4 Å². The number of likely N-dealkylation sites (N-methyl/N-ethyl adjacent to an activating group) is 1. The van der Waals surface area contributed by atoms with Crippen LogP contribution in [0.3, 0.4) is 0 Å². The minimum Gasteiger partial charge on any atom is -0.369 e. The van der Waals surface area contributed by atoms with Crippen molar-refractivity contribution < 1.29 is 0 Å². The van der Waals surface area contributed by atoms with Gasteiger partial charge in [-0.25, -0.2) is 9.97 Å². The molecule has 40 heavy (non-hydrogen) atoms. The highest BCUT2D eigenvalue weighted by atomic mass is 35.5. The smallest absolute Gasteiger partial charge is 0.278 e. The largest absolute Gasteiger partial charge is 0.369 e. The number of nitrogens with zero attached hydrogens (tertiary/aromatic N) is 6. The molecule has 4 heterocycles. The molecule has 0 spiro atoms. The molecule has 2 N–H and O–H groups in total. The fourth-order valence-electron chi connectivity index (χ4n) is 5.16. The normalized spacial score (nSPS) is 14.9. The van der Waals surface area contributed by atoms with E-state index in [1.807, 2.05) is 62.4 Å². The second-order valence-electron chi connectivity index (χ2n) is 10.3. The number of pyridine rings is 1. The first kappa shape index (κ1) is 26.0. The summed E-state index contributed by atoms with van der Waals surface area (Å²) in [6.07, 6.45) is 1.68. The van der Waals surface area contributed by atoms with Gasteiger partial charge in [0.15, 0.2) is 0 Å². The number of aromatic amines is 1. The van der Waals surface area contributed by atoms with E-state index in [9.17, 15) is 4.79 Å². The monoisotopic (exact) mass is 554 g/mol. The molecule has 2 aromatic carbocycles. The van der Waals surface area contributed by atoms with Crippen LogP contribution in [0.4, 0.5) is 17.3 Å². The number of aryl methyl sites for hydroxylation is 1. The first-order valence-electron chi connectivity index (χ1n) is 13.4. The first-order valence-corrected chi connectivity index (χ1v) is 13.7. The number of rotatable bonds is 6. The molecule has 3 aromatic heterocycles. The van der Waals surface area contributed by atoms with Crippen molar-refractivity contribution in [1.29, 1.82) is 0 Å². The van der Waals surface area contributed by atoms with Gasteiger partial charge in [-0.2, -0.15) is 5.10 Å². The Kier molecular flexibility index (Phi) is 7.00. The molecule has 6 rings (SSSR count). The van der Waals surface area contributed by atoms with Gasteiger partial charge >= 0.3 is 0 Å². The zero-order valence-corrected chi connectivity index (χ0v) is 23.5. The minimum atomic E-state index is -0.360. The Hall–Kier alpha value is -4.21. The number of hydrogen-bond acceptors (Lipinski definition) is 7. The van der Waals surface area contributed by atoms with Gasteiger partial charge in [0.2, 0.25) is 5.95 Å². The molecular formula is C30H31ClN8O. The molecule has 1 unspecified atom stereocenters. The maximum absolute atomic E-state index is 14.1. The SMILES string of the molecule is Cc1cc(C(C)n2c(-c3ccccc3Cl)cc3cnc(Nc4ccc(N5CCN(C)CC5)cc4)nc3c2=O)n[nH]1. The Balaban J connectivity index is 1.37. The topological polar surface area (TPSA) is 95.0 Å². The van der Waals surface area contributed by atoms with Crippen LogP contribution in [0, 0.1) is 6.92 Å². The van der Waals surface area contributed by atoms with E-state index >= 15 is 0 Å². The highest BCUT2D eigenvalue weighted by Crippen LogP contribution is 2.32. The molecule has 1 saturated heterocycles. The average Bonchev–Trinajstić information content (AvgIpc) is 3.40. The summed E-state index contributed by atoms with van der Waals surface area (Å²) in [7, 11) is 2.15. The third kappa shape index (κ3) is 5.05.